The summed E-state index contributed by atoms with van der Waals surface area (Å²) in [6.45, 7) is 5.00. The number of aromatic nitrogens is 4. The molecular formula is C22H23N5S. The van der Waals surface area contributed by atoms with Crippen molar-refractivity contribution in [1.29, 1.82) is 0 Å². The minimum absolute atomic E-state index is 0.0992. The number of nitrogens with one attached hydrogen (secondary N) is 1. The van der Waals surface area contributed by atoms with E-state index >= 15 is 0 Å². The van der Waals surface area contributed by atoms with Gasteiger partial charge in [-0.05, 0) is 51.1 Å². The number of hydrogen-bond acceptors (Lipinski definition) is 5. The first-order valence-electron chi connectivity index (χ1n) is 9.41. The summed E-state index contributed by atoms with van der Waals surface area (Å²) < 4.78 is 1.78. The van der Waals surface area contributed by atoms with Gasteiger partial charge < -0.3 is 0 Å². The van der Waals surface area contributed by atoms with E-state index in [0.29, 0.717) is 12.5 Å². The Morgan fingerprint density at radius 1 is 0.929 bits per heavy atom. The number of rotatable bonds is 7. The summed E-state index contributed by atoms with van der Waals surface area (Å²) in [5.41, 5.74) is 3.55. The highest BCUT2D eigenvalue weighted by molar-refractivity contribution is 7.10. The Kier molecular flexibility index (Phi) is 5.60. The van der Waals surface area contributed by atoms with Crippen molar-refractivity contribution in [2.45, 2.75) is 32.4 Å². The van der Waals surface area contributed by atoms with E-state index in [1.54, 1.807) is 16.0 Å². The van der Waals surface area contributed by atoms with Crippen molar-refractivity contribution in [3.05, 3.63) is 93.9 Å². The molecule has 0 aliphatic rings. The minimum atomic E-state index is 0.0992. The molecule has 0 saturated heterocycles. The van der Waals surface area contributed by atoms with Crippen LogP contribution >= 0.6 is 11.3 Å². The van der Waals surface area contributed by atoms with E-state index in [2.05, 4.69) is 76.5 Å². The van der Waals surface area contributed by atoms with Gasteiger partial charge in [-0.2, -0.15) is 4.68 Å². The molecule has 4 rings (SSSR count). The lowest BCUT2D eigenvalue weighted by Crippen LogP contribution is -2.23. The van der Waals surface area contributed by atoms with Crippen LogP contribution in [0, 0.1) is 0 Å². The molecule has 0 spiro atoms. The Morgan fingerprint density at radius 2 is 1.68 bits per heavy atom. The van der Waals surface area contributed by atoms with Gasteiger partial charge in [-0.1, -0.05) is 62.4 Å². The van der Waals surface area contributed by atoms with E-state index in [9.17, 15) is 0 Å². The fraction of sp³-hybridized carbons (Fsp3) is 0.227. The normalized spacial score (nSPS) is 12.4. The van der Waals surface area contributed by atoms with Crippen LogP contribution in [0.1, 0.15) is 47.6 Å². The van der Waals surface area contributed by atoms with Crippen LogP contribution < -0.4 is 5.32 Å². The first-order valence-corrected chi connectivity index (χ1v) is 10.3. The number of benzene rings is 2. The van der Waals surface area contributed by atoms with Crippen LogP contribution in [0.3, 0.4) is 0 Å². The van der Waals surface area contributed by atoms with Gasteiger partial charge in [0, 0.05) is 4.88 Å². The summed E-state index contributed by atoms with van der Waals surface area (Å²) in [6.07, 6.45) is 0. The molecule has 28 heavy (non-hydrogen) atoms. The molecule has 0 aliphatic carbocycles. The minimum Gasteiger partial charge on any atom is -0.298 e. The van der Waals surface area contributed by atoms with Crippen LogP contribution in [0.25, 0.3) is 5.69 Å². The SMILES string of the molecule is CC(C)c1ccc(C(NCc2nnnn2-c2ccccc2)c2cccs2)cc1. The highest BCUT2D eigenvalue weighted by Crippen LogP contribution is 2.27. The number of para-hydroxylation sites is 1. The summed E-state index contributed by atoms with van der Waals surface area (Å²) in [5, 5.41) is 18.0. The molecule has 0 amide bonds. The molecule has 2 aromatic carbocycles. The molecule has 1 N–H and O–H groups in total. The lowest BCUT2D eigenvalue weighted by molar-refractivity contribution is 0.582. The molecule has 0 saturated carbocycles. The maximum atomic E-state index is 4.22. The van der Waals surface area contributed by atoms with Crippen molar-refractivity contribution < 1.29 is 0 Å². The van der Waals surface area contributed by atoms with E-state index in [-0.39, 0.29) is 6.04 Å². The van der Waals surface area contributed by atoms with Crippen LogP contribution in [-0.2, 0) is 6.54 Å². The number of nitrogens with zero attached hydrogens (tertiary/aromatic N) is 4. The van der Waals surface area contributed by atoms with Gasteiger partial charge in [0.15, 0.2) is 5.82 Å². The summed E-state index contributed by atoms with van der Waals surface area (Å²) in [7, 11) is 0. The molecule has 0 radical (unpaired) electrons. The van der Waals surface area contributed by atoms with Crippen molar-refractivity contribution in [2.75, 3.05) is 0 Å². The maximum absolute atomic E-state index is 4.22. The molecule has 0 bridgehead atoms. The van der Waals surface area contributed by atoms with E-state index < -0.39 is 0 Å². The predicted molar refractivity (Wildman–Crippen MR) is 113 cm³/mol. The first kappa shape index (κ1) is 18.5. The fourth-order valence-corrected chi connectivity index (χ4v) is 4.02. The number of hydrogen-bond donors (Lipinski definition) is 1. The largest absolute Gasteiger partial charge is 0.298 e. The van der Waals surface area contributed by atoms with Crippen molar-refractivity contribution in [3.8, 4) is 5.69 Å². The van der Waals surface area contributed by atoms with Crippen molar-refractivity contribution in [2.24, 2.45) is 0 Å². The molecule has 6 heteroatoms. The molecular weight excluding hydrogens is 366 g/mol. The average molecular weight is 390 g/mol. The third kappa shape index (κ3) is 4.03. The third-order valence-electron chi connectivity index (χ3n) is 4.76. The zero-order valence-corrected chi connectivity index (χ0v) is 16.8. The van der Waals surface area contributed by atoms with Crippen molar-refractivity contribution in [3.63, 3.8) is 0 Å². The molecule has 5 nitrogen and oxygen atoms in total. The van der Waals surface area contributed by atoms with Crippen LogP contribution in [0.15, 0.2) is 72.1 Å². The summed E-state index contributed by atoms with van der Waals surface area (Å²) >= 11 is 1.75. The van der Waals surface area contributed by atoms with E-state index in [1.165, 1.54) is 16.0 Å². The second-order valence-electron chi connectivity index (χ2n) is 6.99. The third-order valence-corrected chi connectivity index (χ3v) is 5.70. The second-order valence-corrected chi connectivity index (χ2v) is 7.97. The molecule has 142 valence electrons. The molecule has 2 aromatic heterocycles. The Hall–Kier alpha value is -2.83. The van der Waals surface area contributed by atoms with Crippen LogP contribution in [0.4, 0.5) is 0 Å². The Balaban J connectivity index is 1.57. The average Bonchev–Trinajstić information content (AvgIpc) is 3.41. The number of thiophene rings is 1. The van der Waals surface area contributed by atoms with Gasteiger partial charge in [0.05, 0.1) is 18.3 Å². The van der Waals surface area contributed by atoms with Crippen LogP contribution in [0.2, 0.25) is 0 Å². The van der Waals surface area contributed by atoms with Crippen molar-refractivity contribution in [1.82, 2.24) is 25.5 Å². The van der Waals surface area contributed by atoms with E-state index in [4.69, 9.17) is 0 Å². The maximum Gasteiger partial charge on any atom is 0.170 e. The van der Waals surface area contributed by atoms with Crippen LogP contribution in [-0.4, -0.2) is 20.2 Å². The standard InChI is InChI=1S/C22H23N5S/c1-16(2)17-10-12-18(13-11-17)22(20-9-6-14-28-20)23-15-21-24-25-26-27(21)19-7-4-3-5-8-19/h3-14,16,22-23H,15H2,1-2H3. The van der Waals surface area contributed by atoms with Crippen LogP contribution in [0.5, 0.6) is 0 Å². The number of tetrazole rings is 1. The fourth-order valence-electron chi connectivity index (χ4n) is 3.19. The summed E-state index contributed by atoms with van der Waals surface area (Å²) in [6, 6.07) is 23.2. The van der Waals surface area contributed by atoms with Gasteiger partial charge in [0.2, 0.25) is 0 Å². The predicted octanol–water partition coefficient (Wildman–Crippen LogP) is 4.73. The molecule has 2 heterocycles. The Bertz CT molecular complexity index is 991. The lowest BCUT2D eigenvalue weighted by Gasteiger charge is -2.19. The van der Waals surface area contributed by atoms with E-state index in [1.807, 2.05) is 30.3 Å². The zero-order valence-electron chi connectivity index (χ0n) is 16.0. The summed E-state index contributed by atoms with van der Waals surface area (Å²) in [4.78, 5) is 1.27. The molecule has 4 aromatic rings. The summed E-state index contributed by atoms with van der Waals surface area (Å²) in [5.74, 6) is 1.31. The monoisotopic (exact) mass is 389 g/mol. The zero-order chi connectivity index (χ0) is 19.3. The highest BCUT2D eigenvalue weighted by atomic mass is 32.1. The lowest BCUT2D eigenvalue weighted by atomic mass is 9.98. The quantitative estimate of drug-likeness (QED) is 0.497. The van der Waals surface area contributed by atoms with Gasteiger partial charge >= 0.3 is 0 Å². The highest BCUT2D eigenvalue weighted by Gasteiger charge is 2.17. The van der Waals surface area contributed by atoms with Crippen molar-refractivity contribution >= 4 is 11.3 Å². The van der Waals surface area contributed by atoms with Gasteiger partial charge in [-0.3, -0.25) is 5.32 Å². The molecule has 1 unspecified atom stereocenters. The molecule has 1 atom stereocenters. The van der Waals surface area contributed by atoms with Gasteiger partial charge in [0.25, 0.3) is 0 Å². The molecule has 0 aliphatic heterocycles. The molecule has 0 fully saturated rings. The first-order chi connectivity index (χ1) is 13.7. The topological polar surface area (TPSA) is 55.6 Å². The van der Waals surface area contributed by atoms with Gasteiger partial charge in [0.1, 0.15) is 0 Å². The second kappa shape index (κ2) is 8.46. The van der Waals surface area contributed by atoms with Gasteiger partial charge in [-0.25, -0.2) is 0 Å². The van der Waals surface area contributed by atoms with Gasteiger partial charge in [-0.15, -0.1) is 16.4 Å². The Morgan fingerprint density at radius 3 is 2.36 bits per heavy atom. The van der Waals surface area contributed by atoms with E-state index in [0.717, 1.165) is 11.5 Å². The Labute approximate surface area is 169 Å². The smallest absolute Gasteiger partial charge is 0.170 e.